The van der Waals surface area contributed by atoms with Crippen LogP contribution in [0.5, 0.6) is 0 Å². The summed E-state index contributed by atoms with van der Waals surface area (Å²) < 4.78 is 0.906. The molecule has 0 saturated heterocycles. The minimum atomic E-state index is -0.226. The van der Waals surface area contributed by atoms with E-state index in [-0.39, 0.29) is 11.9 Å². The first-order valence-corrected chi connectivity index (χ1v) is 8.94. The van der Waals surface area contributed by atoms with Gasteiger partial charge in [-0.05, 0) is 23.1 Å². The molecule has 0 radical (unpaired) electrons. The first kappa shape index (κ1) is 15.6. The van der Waals surface area contributed by atoms with Gasteiger partial charge in [0, 0.05) is 4.88 Å². The first-order valence-electron chi connectivity index (χ1n) is 6.49. The standard InChI is InChI=1S/C16H11Cl2NOS2/c17-13-9-11(15(18)22-13)16(20)19-14(12-7-4-8-21-12)10-5-2-1-3-6-10/h1-9,14H,(H,19,20). The van der Waals surface area contributed by atoms with Gasteiger partial charge in [-0.1, -0.05) is 59.6 Å². The lowest BCUT2D eigenvalue weighted by atomic mass is 10.1. The number of carbonyl (C=O) groups is 1. The number of nitrogens with one attached hydrogen (secondary N) is 1. The maximum atomic E-state index is 12.5. The topological polar surface area (TPSA) is 29.1 Å². The van der Waals surface area contributed by atoms with Crippen LogP contribution in [0.1, 0.15) is 26.8 Å². The summed E-state index contributed by atoms with van der Waals surface area (Å²) in [4.78, 5) is 13.6. The molecule has 0 aliphatic heterocycles. The molecule has 0 aliphatic carbocycles. The molecular weight excluding hydrogens is 357 g/mol. The molecular formula is C16H11Cl2NOS2. The van der Waals surface area contributed by atoms with E-state index >= 15 is 0 Å². The highest BCUT2D eigenvalue weighted by molar-refractivity contribution is 7.20. The monoisotopic (exact) mass is 367 g/mol. The van der Waals surface area contributed by atoms with Gasteiger partial charge in [-0.3, -0.25) is 4.79 Å². The number of halogens is 2. The molecule has 0 saturated carbocycles. The van der Waals surface area contributed by atoms with Crippen molar-refractivity contribution in [1.82, 2.24) is 5.32 Å². The summed E-state index contributed by atoms with van der Waals surface area (Å²) in [6.45, 7) is 0. The van der Waals surface area contributed by atoms with Crippen LogP contribution >= 0.6 is 45.9 Å². The highest BCUT2D eigenvalue weighted by atomic mass is 35.5. The molecule has 6 heteroatoms. The summed E-state index contributed by atoms with van der Waals surface area (Å²) in [5.74, 6) is -0.226. The van der Waals surface area contributed by atoms with E-state index in [1.165, 1.54) is 11.3 Å². The van der Waals surface area contributed by atoms with E-state index in [1.54, 1.807) is 17.4 Å². The van der Waals surface area contributed by atoms with Crippen molar-refractivity contribution < 1.29 is 4.79 Å². The highest BCUT2D eigenvalue weighted by Gasteiger charge is 2.21. The van der Waals surface area contributed by atoms with Crippen LogP contribution < -0.4 is 5.32 Å². The summed E-state index contributed by atoms with van der Waals surface area (Å²) in [7, 11) is 0. The second kappa shape index (κ2) is 6.84. The molecule has 3 rings (SSSR count). The fraction of sp³-hybridized carbons (Fsp3) is 0.0625. The minimum Gasteiger partial charge on any atom is -0.340 e. The predicted molar refractivity (Wildman–Crippen MR) is 94.4 cm³/mol. The summed E-state index contributed by atoms with van der Waals surface area (Å²) in [6.07, 6.45) is 0. The highest BCUT2D eigenvalue weighted by Crippen LogP contribution is 2.32. The molecule has 1 aromatic carbocycles. The van der Waals surface area contributed by atoms with E-state index < -0.39 is 0 Å². The molecule has 0 aliphatic rings. The van der Waals surface area contributed by atoms with E-state index in [9.17, 15) is 4.79 Å². The molecule has 2 heterocycles. The van der Waals surface area contributed by atoms with Gasteiger partial charge in [-0.2, -0.15) is 0 Å². The molecule has 22 heavy (non-hydrogen) atoms. The Morgan fingerprint density at radius 1 is 1.09 bits per heavy atom. The van der Waals surface area contributed by atoms with Crippen molar-refractivity contribution in [1.29, 1.82) is 0 Å². The Bertz CT molecular complexity index is 769. The van der Waals surface area contributed by atoms with Crippen LogP contribution in [0, 0.1) is 0 Å². The van der Waals surface area contributed by atoms with E-state index in [4.69, 9.17) is 23.2 Å². The van der Waals surface area contributed by atoms with Crippen molar-refractivity contribution in [3.63, 3.8) is 0 Å². The largest absolute Gasteiger partial charge is 0.340 e. The van der Waals surface area contributed by atoms with Crippen molar-refractivity contribution in [2.24, 2.45) is 0 Å². The summed E-state index contributed by atoms with van der Waals surface area (Å²) in [5.41, 5.74) is 1.44. The first-order chi connectivity index (χ1) is 10.6. The molecule has 2 nitrogen and oxygen atoms in total. The lowest BCUT2D eigenvalue weighted by molar-refractivity contribution is 0.0944. The third kappa shape index (κ3) is 3.36. The Morgan fingerprint density at radius 2 is 1.86 bits per heavy atom. The van der Waals surface area contributed by atoms with E-state index in [2.05, 4.69) is 5.32 Å². The second-order valence-corrected chi connectivity index (χ2v) is 7.84. The zero-order valence-electron chi connectivity index (χ0n) is 11.3. The van der Waals surface area contributed by atoms with Gasteiger partial charge in [0.2, 0.25) is 0 Å². The van der Waals surface area contributed by atoms with Crippen LogP contribution in [0.3, 0.4) is 0 Å². The van der Waals surface area contributed by atoms with Crippen LogP contribution in [0.2, 0.25) is 8.67 Å². The Kier molecular flexibility index (Phi) is 4.84. The number of hydrogen-bond acceptors (Lipinski definition) is 3. The fourth-order valence-electron chi connectivity index (χ4n) is 2.12. The van der Waals surface area contributed by atoms with Gasteiger partial charge in [-0.25, -0.2) is 0 Å². The normalized spacial score (nSPS) is 12.1. The van der Waals surface area contributed by atoms with Crippen molar-refractivity contribution >= 4 is 51.8 Å². The van der Waals surface area contributed by atoms with Crippen molar-refractivity contribution in [3.8, 4) is 0 Å². The smallest absolute Gasteiger partial charge is 0.254 e. The fourth-order valence-corrected chi connectivity index (χ4v) is 4.38. The molecule has 3 aromatic rings. The zero-order valence-corrected chi connectivity index (χ0v) is 14.4. The van der Waals surface area contributed by atoms with Crippen molar-refractivity contribution in [3.05, 3.63) is 78.6 Å². The SMILES string of the molecule is O=C(NC(c1ccccc1)c1cccs1)c1cc(Cl)sc1Cl. The average Bonchev–Trinajstić information content (AvgIpc) is 3.15. The van der Waals surface area contributed by atoms with Gasteiger partial charge in [-0.15, -0.1) is 22.7 Å². The predicted octanol–water partition coefficient (Wildman–Crippen LogP) is 5.64. The summed E-state index contributed by atoms with van der Waals surface area (Å²) in [6, 6.07) is 15.2. The minimum absolute atomic E-state index is 0.205. The maximum Gasteiger partial charge on any atom is 0.254 e. The molecule has 0 fully saturated rings. The van der Waals surface area contributed by atoms with Gasteiger partial charge < -0.3 is 5.32 Å². The molecule has 1 N–H and O–H groups in total. The van der Waals surface area contributed by atoms with Crippen LogP contribution in [0.25, 0.3) is 0 Å². The van der Waals surface area contributed by atoms with Gasteiger partial charge in [0.25, 0.3) is 5.91 Å². The molecule has 2 aromatic heterocycles. The molecule has 0 bridgehead atoms. The maximum absolute atomic E-state index is 12.5. The van der Waals surface area contributed by atoms with Gasteiger partial charge in [0.05, 0.1) is 15.9 Å². The Balaban J connectivity index is 1.91. The number of thiophene rings is 2. The van der Waals surface area contributed by atoms with E-state index in [0.29, 0.717) is 14.2 Å². The van der Waals surface area contributed by atoms with Gasteiger partial charge in [0.1, 0.15) is 4.34 Å². The van der Waals surface area contributed by atoms with Crippen LogP contribution in [-0.2, 0) is 0 Å². The molecule has 1 atom stereocenters. The number of carbonyl (C=O) groups excluding carboxylic acids is 1. The van der Waals surface area contributed by atoms with E-state index in [1.807, 2.05) is 47.8 Å². The lowest BCUT2D eigenvalue weighted by Crippen LogP contribution is -2.28. The number of amides is 1. The Morgan fingerprint density at radius 3 is 2.45 bits per heavy atom. The number of benzene rings is 1. The molecule has 1 unspecified atom stereocenters. The van der Waals surface area contributed by atoms with Crippen molar-refractivity contribution in [2.45, 2.75) is 6.04 Å². The Labute approximate surface area is 146 Å². The Hall–Kier alpha value is -1.33. The molecule has 112 valence electrons. The second-order valence-electron chi connectivity index (χ2n) is 4.57. The number of hydrogen-bond donors (Lipinski definition) is 1. The summed E-state index contributed by atoms with van der Waals surface area (Å²) in [5, 5.41) is 5.03. The average molecular weight is 368 g/mol. The van der Waals surface area contributed by atoms with Crippen LogP contribution in [0.15, 0.2) is 53.9 Å². The van der Waals surface area contributed by atoms with Crippen LogP contribution in [-0.4, -0.2) is 5.91 Å². The number of rotatable bonds is 4. The third-order valence-corrected chi connectivity index (χ3v) is 5.56. The summed E-state index contributed by atoms with van der Waals surface area (Å²) >= 11 is 14.8. The molecule has 0 spiro atoms. The lowest BCUT2D eigenvalue weighted by Gasteiger charge is -2.18. The van der Waals surface area contributed by atoms with Crippen LogP contribution in [0.4, 0.5) is 0 Å². The quantitative estimate of drug-likeness (QED) is 0.635. The van der Waals surface area contributed by atoms with Gasteiger partial charge >= 0.3 is 0 Å². The van der Waals surface area contributed by atoms with Gasteiger partial charge in [0.15, 0.2) is 0 Å². The van der Waals surface area contributed by atoms with Crippen molar-refractivity contribution in [2.75, 3.05) is 0 Å². The third-order valence-electron chi connectivity index (χ3n) is 3.14. The van der Waals surface area contributed by atoms with E-state index in [0.717, 1.165) is 10.4 Å². The molecule has 1 amide bonds. The zero-order chi connectivity index (χ0) is 15.5.